The summed E-state index contributed by atoms with van der Waals surface area (Å²) in [7, 11) is 6.48. The highest BCUT2D eigenvalue weighted by Gasteiger charge is 2.18. The number of rotatable bonds is 39. The zero-order chi connectivity index (χ0) is 44.8. The van der Waals surface area contributed by atoms with E-state index in [0.29, 0.717) is 97.2 Å². The van der Waals surface area contributed by atoms with Crippen LogP contribution in [0.3, 0.4) is 0 Å². The van der Waals surface area contributed by atoms with Crippen LogP contribution < -0.4 is 9.47 Å². The standard InChI is InChI=1S/C45H78N2O14/c1-9-10-11-15-40-34-42(60-36-46(5)44(48)58-32-30-56-28-26-54-24-22-52-20-18-50-7)41(17-16-39(4)14-12-13-38(2)3)43(35-40)61-37-47(6)45(49)59-33-31-57-29-27-55-25-23-53-21-19-51-8/h13,16,34-35H,9-12,14-15,17-33,36-37H2,1-8H3/b39-16+. The second kappa shape index (κ2) is 38.2. The van der Waals surface area contributed by atoms with Gasteiger partial charge in [0.15, 0.2) is 13.5 Å². The van der Waals surface area contributed by atoms with Crippen LogP contribution in [0.15, 0.2) is 35.4 Å². The van der Waals surface area contributed by atoms with Crippen molar-refractivity contribution >= 4 is 12.2 Å². The van der Waals surface area contributed by atoms with E-state index in [9.17, 15) is 9.59 Å². The molecule has 16 heteroatoms. The van der Waals surface area contributed by atoms with Crippen LogP contribution in [0.2, 0.25) is 0 Å². The summed E-state index contributed by atoms with van der Waals surface area (Å²) in [4.78, 5) is 28.4. The van der Waals surface area contributed by atoms with Crippen LogP contribution in [0, 0.1) is 0 Å². The third kappa shape index (κ3) is 30.3. The number of aryl methyl sites for hydroxylation is 1. The number of hydrogen-bond donors (Lipinski definition) is 0. The fraction of sp³-hybridized carbons (Fsp3) is 0.733. The van der Waals surface area contributed by atoms with Gasteiger partial charge in [0.25, 0.3) is 0 Å². The second-order valence-electron chi connectivity index (χ2n) is 14.4. The molecule has 2 amide bonds. The summed E-state index contributed by atoms with van der Waals surface area (Å²) in [6, 6.07) is 4.04. The highest BCUT2D eigenvalue weighted by atomic mass is 16.6. The van der Waals surface area contributed by atoms with Gasteiger partial charge in [-0.25, -0.2) is 9.59 Å². The number of hydrogen-bond acceptors (Lipinski definition) is 14. The maximum atomic E-state index is 12.9. The van der Waals surface area contributed by atoms with E-state index < -0.39 is 12.2 Å². The molecule has 0 aliphatic heterocycles. The summed E-state index contributed by atoms with van der Waals surface area (Å²) in [5.41, 5.74) is 4.34. The average Bonchev–Trinajstić information content (AvgIpc) is 3.24. The van der Waals surface area contributed by atoms with E-state index in [2.05, 4.69) is 39.8 Å². The second-order valence-corrected chi connectivity index (χ2v) is 14.4. The minimum atomic E-state index is -0.543. The molecule has 0 radical (unpaired) electrons. The van der Waals surface area contributed by atoms with Crippen molar-refractivity contribution in [2.24, 2.45) is 0 Å². The van der Waals surface area contributed by atoms with Crippen molar-refractivity contribution < 1.29 is 66.4 Å². The summed E-state index contributed by atoms with van der Waals surface area (Å²) in [6.07, 6.45) is 9.65. The van der Waals surface area contributed by atoms with Crippen LogP contribution in [-0.4, -0.2) is 169 Å². The molecule has 1 rings (SSSR count). The van der Waals surface area contributed by atoms with Crippen molar-refractivity contribution in [3.63, 3.8) is 0 Å². The van der Waals surface area contributed by atoms with Crippen LogP contribution in [0.5, 0.6) is 11.5 Å². The highest BCUT2D eigenvalue weighted by molar-refractivity contribution is 5.67. The Hall–Kier alpha value is -3.48. The molecule has 1 aromatic rings. The predicted molar refractivity (Wildman–Crippen MR) is 234 cm³/mol. The summed E-state index contributed by atoms with van der Waals surface area (Å²) in [6.45, 7) is 14.6. The lowest BCUT2D eigenvalue weighted by Gasteiger charge is -2.23. The minimum absolute atomic E-state index is 0.0577. The van der Waals surface area contributed by atoms with E-state index in [-0.39, 0.29) is 39.9 Å². The van der Waals surface area contributed by atoms with Crippen LogP contribution >= 0.6 is 0 Å². The Morgan fingerprint density at radius 3 is 1.38 bits per heavy atom. The molecule has 0 unspecified atom stereocenters. The Labute approximate surface area is 365 Å². The van der Waals surface area contributed by atoms with Crippen LogP contribution in [-0.2, 0) is 60.2 Å². The van der Waals surface area contributed by atoms with E-state index in [1.165, 1.54) is 20.9 Å². The molecular formula is C45H78N2O14. The van der Waals surface area contributed by atoms with Crippen molar-refractivity contribution in [2.45, 2.75) is 72.6 Å². The molecule has 0 aromatic heterocycles. The van der Waals surface area contributed by atoms with E-state index in [4.69, 9.17) is 56.8 Å². The van der Waals surface area contributed by atoms with Gasteiger partial charge in [-0.05, 0) is 70.6 Å². The number of nitrogens with zero attached hydrogens (tertiary/aromatic N) is 2. The normalized spacial score (nSPS) is 11.4. The molecule has 16 nitrogen and oxygen atoms in total. The van der Waals surface area contributed by atoms with Gasteiger partial charge in [-0.3, -0.25) is 9.80 Å². The predicted octanol–water partition coefficient (Wildman–Crippen LogP) is 6.86. The zero-order valence-corrected chi connectivity index (χ0v) is 38.6. The molecular weight excluding hydrogens is 792 g/mol. The van der Waals surface area contributed by atoms with Crippen LogP contribution in [0.4, 0.5) is 9.59 Å². The molecule has 0 saturated heterocycles. The molecule has 0 spiro atoms. The number of ether oxygens (including phenoxy) is 12. The molecule has 352 valence electrons. The fourth-order valence-corrected chi connectivity index (χ4v) is 5.23. The SMILES string of the molecule is CCCCCc1cc(OCN(C)C(=O)OCCOCCOCCOCCOC)c(C/C=C(\C)CCC=C(C)C)c(OCN(C)C(=O)OCCOCCOCCOCCOC)c1. The average molecular weight is 871 g/mol. The van der Waals surface area contributed by atoms with Crippen molar-refractivity contribution in [1.82, 2.24) is 9.80 Å². The maximum absolute atomic E-state index is 12.9. The van der Waals surface area contributed by atoms with Gasteiger partial charge in [0, 0.05) is 33.9 Å². The maximum Gasteiger partial charge on any atom is 0.412 e. The summed E-state index contributed by atoms with van der Waals surface area (Å²) in [5.74, 6) is 1.18. The van der Waals surface area contributed by atoms with Crippen molar-refractivity contribution in [1.29, 1.82) is 0 Å². The molecule has 61 heavy (non-hydrogen) atoms. The minimum Gasteiger partial charge on any atom is -0.472 e. The van der Waals surface area contributed by atoms with Crippen LogP contribution in [0.25, 0.3) is 0 Å². The lowest BCUT2D eigenvalue weighted by atomic mass is 10.00. The molecule has 0 aliphatic carbocycles. The van der Waals surface area contributed by atoms with E-state index >= 15 is 0 Å². The number of unbranched alkanes of at least 4 members (excludes halogenated alkanes) is 2. The van der Waals surface area contributed by atoms with Crippen molar-refractivity contribution in [3.8, 4) is 11.5 Å². The van der Waals surface area contributed by atoms with E-state index in [1.54, 1.807) is 28.3 Å². The smallest absolute Gasteiger partial charge is 0.412 e. The Morgan fingerprint density at radius 1 is 0.574 bits per heavy atom. The number of allylic oxidation sites excluding steroid dienone is 4. The molecule has 0 aliphatic rings. The van der Waals surface area contributed by atoms with Gasteiger partial charge < -0.3 is 56.8 Å². The summed E-state index contributed by atoms with van der Waals surface area (Å²) in [5, 5.41) is 0. The Kier molecular flexibility index (Phi) is 34.8. The van der Waals surface area contributed by atoms with Gasteiger partial charge in [0.05, 0.1) is 92.5 Å². The van der Waals surface area contributed by atoms with Gasteiger partial charge in [-0.1, -0.05) is 43.1 Å². The van der Waals surface area contributed by atoms with Gasteiger partial charge >= 0.3 is 12.2 Å². The monoisotopic (exact) mass is 871 g/mol. The first-order valence-electron chi connectivity index (χ1n) is 21.5. The van der Waals surface area contributed by atoms with E-state index in [0.717, 1.165) is 49.7 Å². The number of benzene rings is 1. The first kappa shape index (κ1) is 55.5. The van der Waals surface area contributed by atoms with Gasteiger partial charge in [-0.2, -0.15) is 0 Å². The first-order chi connectivity index (χ1) is 29.6. The Balaban J connectivity index is 2.87. The highest BCUT2D eigenvalue weighted by Crippen LogP contribution is 2.33. The lowest BCUT2D eigenvalue weighted by Crippen LogP contribution is -2.32. The quantitative estimate of drug-likeness (QED) is 0.0385. The Bertz CT molecular complexity index is 1250. The third-order valence-corrected chi connectivity index (χ3v) is 8.75. The first-order valence-corrected chi connectivity index (χ1v) is 21.5. The number of methoxy groups -OCH3 is 2. The molecule has 0 fully saturated rings. The summed E-state index contributed by atoms with van der Waals surface area (Å²) >= 11 is 0. The van der Waals surface area contributed by atoms with Crippen molar-refractivity contribution in [3.05, 3.63) is 46.6 Å². The number of amides is 2. The number of carbonyl (C=O) groups excluding carboxylic acids is 2. The molecule has 0 atom stereocenters. The van der Waals surface area contributed by atoms with Gasteiger partial charge in [-0.15, -0.1) is 0 Å². The summed E-state index contributed by atoms with van der Waals surface area (Å²) < 4.78 is 66.1. The van der Waals surface area contributed by atoms with Crippen LogP contribution in [0.1, 0.15) is 70.9 Å². The molecule has 0 bridgehead atoms. The van der Waals surface area contributed by atoms with Gasteiger partial charge in [0.1, 0.15) is 24.7 Å². The van der Waals surface area contributed by atoms with Crippen molar-refractivity contribution in [2.75, 3.05) is 147 Å². The fourth-order valence-electron chi connectivity index (χ4n) is 5.23. The zero-order valence-electron chi connectivity index (χ0n) is 38.6. The lowest BCUT2D eigenvalue weighted by molar-refractivity contribution is -0.00474. The molecule has 1 aromatic carbocycles. The van der Waals surface area contributed by atoms with E-state index in [1.807, 2.05) is 12.1 Å². The topological polar surface area (TPSA) is 151 Å². The molecule has 0 N–H and O–H groups in total. The van der Waals surface area contributed by atoms with Gasteiger partial charge in [0.2, 0.25) is 0 Å². The third-order valence-electron chi connectivity index (χ3n) is 8.75. The molecule has 0 heterocycles. The largest absolute Gasteiger partial charge is 0.472 e. The Morgan fingerprint density at radius 2 is 0.984 bits per heavy atom. The molecule has 0 saturated carbocycles. The number of carbonyl (C=O) groups is 2.